The number of aliphatic carboxylic acids is 1. The highest BCUT2D eigenvalue weighted by Crippen LogP contribution is 1.97. The average molecular weight is 199 g/mol. The second-order valence-corrected chi connectivity index (χ2v) is 2.60. The molecule has 0 radical (unpaired) electrons. The third-order valence-corrected chi connectivity index (χ3v) is 1.42. The van der Waals surface area contributed by atoms with E-state index < -0.39 is 18.4 Å². The van der Waals surface area contributed by atoms with Gasteiger partial charge in [0.25, 0.3) is 5.91 Å². The molecule has 0 aromatic carbocycles. The molecule has 0 aliphatic carbocycles. The molecular weight excluding hydrogens is 190 g/mol. The number of hydrogen-bond acceptors (Lipinski definition) is 5. The first-order valence-corrected chi connectivity index (χ1v) is 3.66. The van der Waals surface area contributed by atoms with Crippen molar-refractivity contribution >= 4 is 17.8 Å². The maximum Gasteiger partial charge on any atom is 0.323 e. The number of carboxylic acid groups (broad SMARTS) is 1. The van der Waals surface area contributed by atoms with Crippen molar-refractivity contribution in [1.82, 2.24) is 20.1 Å². The summed E-state index contributed by atoms with van der Waals surface area (Å²) in [6.07, 6.45) is 0. The summed E-state index contributed by atoms with van der Waals surface area (Å²) in [5, 5.41) is 14.2. The molecule has 14 heavy (non-hydrogen) atoms. The summed E-state index contributed by atoms with van der Waals surface area (Å²) < 4.78 is 0. The second kappa shape index (κ2) is 3.73. The van der Waals surface area contributed by atoms with Crippen LogP contribution in [0, 0.1) is 0 Å². The monoisotopic (exact) mass is 199 g/mol. The van der Waals surface area contributed by atoms with Crippen LogP contribution in [0.5, 0.6) is 0 Å². The normalized spacial score (nSPS) is 9.79. The summed E-state index contributed by atoms with van der Waals surface area (Å²) in [6.45, 7) is -0.403. The number of nitrogen functional groups attached to an aromatic ring is 1. The van der Waals surface area contributed by atoms with Gasteiger partial charge < -0.3 is 15.7 Å². The van der Waals surface area contributed by atoms with Crippen molar-refractivity contribution in [2.45, 2.75) is 0 Å². The molecule has 0 fully saturated rings. The minimum Gasteiger partial charge on any atom is -0.480 e. The van der Waals surface area contributed by atoms with Crippen molar-refractivity contribution in [1.29, 1.82) is 0 Å². The van der Waals surface area contributed by atoms with Crippen LogP contribution in [0.1, 0.15) is 10.6 Å². The minimum atomic E-state index is -1.10. The van der Waals surface area contributed by atoms with E-state index >= 15 is 0 Å². The molecule has 0 saturated heterocycles. The Labute approximate surface area is 78.7 Å². The lowest BCUT2D eigenvalue weighted by molar-refractivity contribution is -0.137. The van der Waals surface area contributed by atoms with Crippen molar-refractivity contribution in [3.63, 3.8) is 0 Å². The molecule has 1 heterocycles. The van der Waals surface area contributed by atoms with Gasteiger partial charge in [-0.25, -0.2) is 0 Å². The number of rotatable bonds is 3. The van der Waals surface area contributed by atoms with Crippen molar-refractivity contribution < 1.29 is 14.7 Å². The number of hydrogen-bond donors (Lipinski definition) is 3. The van der Waals surface area contributed by atoms with Crippen molar-refractivity contribution in [2.75, 3.05) is 19.3 Å². The molecule has 0 atom stereocenters. The van der Waals surface area contributed by atoms with Crippen molar-refractivity contribution in [3.05, 3.63) is 5.82 Å². The zero-order valence-electron chi connectivity index (χ0n) is 7.39. The SMILES string of the molecule is CN(CC(=O)O)C(=O)c1nc(N)n[nH]1. The number of amides is 1. The molecule has 76 valence electrons. The predicted octanol–water partition coefficient (Wildman–Crippen LogP) is -1.46. The standard InChI is InChI=1S/C6H9N5O3/c1-11(2-3(12)13)5(14)4-8-6(7)10-9-4/h2H2,1H3,(H,12,13)(H3,7,8,9,10). The van der Waals surface area contributed by atoms with Crippen LogP contribution in [-0.4, -0.2) is 50.7 Å². The lowest BCUT2D eigenvalue weighted by Gasteiger charge is -2.11. The molecule has 0 spiro atoms. The number of likely N-dealkylation sites (N-methyl/N-ethyl adjacent to an activating group) is 1. The summed E-state index contributed by atoms with van der Waals surface area (Å²) >= 11 is 0. The Morgan fingerprint density at radius 1 is 1.64 bits per heavy atom. The zero-order valence-corrected chi connectivity index (χ0v) is 7.39. The highest BCUT2D eigenvalue weighted by Gasteiger charge is 2.17. The molecule has 1 amide bonds. The van der Waals surface area contributed by atoms with Gasteiger partial charge in [-0.15, -0.1) is 5.10 Å². The molecule has 4 N–H and O–H groups in total. The van der Waals surface area contributed by atoms with Crippen LogP contribution in [-0.2, 0) is 4.79 Å². The Morgan fingerprint density at radius 2 is 2.29 bits per heavy atom. The van der Waals surface area contributed by atoms with Crippen LogP contribution in [0.2, 0.25) is 0 Å². The molecule has 0 aliphatic rings. The predicted molar refractivity (Wildman–Crippen MR) is 45.4 cm³/mol. The minimum absolute atomic E-state index is 0.0583. The molecule has 0 aliphatic heterocycles. The fraction of sp³-hybridized carbons (Fsp3) is 0.333. The number of carbonyl (C=O) groups is 2. The van der Waals surface area contributed by atoms with Gasteiger partial charge in [0.05, 0.1) is 0 Å². The average Bonchev–Trinajstić information content (AvgIpc) is 2.49. The summed E-state index contributed by atoms with van der Waals surface area (Å²) in [5.41, 5.74) is 5.18. The number of aromatic nitrogens is 3. The fourth-order valence-corrected chi connectivity index (χ4v) is 0.826. The molecule has 0 bridgehead atoms. The van der Waals surface area contributed by atoms with Gasteiger partial charge in [0.2, 0.25) is 11.8 Å². The number of nitrogens with two attached hydrogens (primary N) is 1. The molecule has 1 aromatic heterocycles. The smallest absolute Gasteiger partial charge is 0.323 e. The Hall–Kier alpha value is -2.12. The van der Waals surface area contributed by atoms with Crippen molar-refractivity contribution in [3.8, 4) is 0 Å². The number of H-pyrrole nitrogens is 1. The Balaban J connectivity index is 2.70. The number of nitrogens with one attached hydrogen (secondary N) is 1. The highest BCUT2D eigenvalue weighted by molar-refractivity contribution is 5.92. The van der Waals surface area contributed by atoms with Crippen LogP contribution in [0.15, 0.2) is 0 Å². The molecular formula is C6H9N5O3. The van der Waals surface area contributed by atoms with Gasteiger partial charge in [0.1, 0.15) is 6.54 Å². The number of carboxylic acids is 1. The van der Waals surface area contributed by atoms with Gasteiger partial charge in [-0.1, -0.05) is 0 Å². The van der Waals surface area contributed by atoms with E-state index in [1.54, 1.807) is 0 Å². The van der Waals surface area contributed by atoms with Gasteiger partial charge >= 0.3 is 5.97 Å². The molecule has 8 heteroatoms. The summed E-state index contributed by atoms with van der Waals surface area (Å²) in [5.74, 6) is -1.81. The van der Waals surface area contributed by atoms with Crippen LogP contribution in [0.4, 0.5) is 5.95 Å². The molecule has 0 saturated carbocycles. The van der Waals surface area contributed by atoms with Gasteiger partial charge in [-0.2, -0.15) is 4.98 Å². The molecule has 8 nitrogen and oxygen atoms in total. The van der Waals surface area contributed by atoms with Gasteiger partial charge in [0, 0.05) is 7.05 Å². The maximum absolute atomic E-state index is 11.4. The van der Waals surface area contributed by atoms with E-state index in [0.29, 0.717) is 0 Å². The van der Waals surface area contributed by atoms with Crippen molar-refractivity contribution in [2.24, 2.45) is 0 Å². The van der Waals surface area contributed by atoms with E-state index in [1.165, 1.54) is 7.05 Å². The first-order chi connectivity index (χ1) is 6.50. The van der Waals surface area contributed by atoms with Crippen LogP contribution in [0.3, 0.4) is 0 Å². The van der Waals surface area contributed by atoms with Crippen LogP contribution >= 0.6 is 0 Å². The van der Waals surface area contributed by atoms with E-state index in [4.69, 9.17) is 10.8 Å². The van der Waals surface area contributed by atoms with Gasteiger partial charge in [-0.05, 0) is 0 Å². The van der Waals surface area contributed by atoms with Crippen LogP contribution in [0.25, 0.3) is 0 Å². The number of carbonyl (C=O) groups excluding carboxylic acids is 1. The van der Waals surface area contributed by atoms with E-state index in [0.717, 1.165) is 4.90 Å². The van der Waals surface area contributed by atoms with Gasteiger partial charge in [0.15, 0.2) is 0 Å². The molecule has 1 aromatic rings. The Bertz CT molecular complexity index is 360. The number of aromatic amines is 1. The van der Waals surface area contributed by atoms with Crippen LogP contribution < -0.4 is 5.73 Å². The van der Waals surface area contributed by atoms with E-state index in [2.05, 4.69) is 15.2 Å². The van der Waals surface area contributed by atoms with Gasteiger partial charge in [-0.3, -0.25) is 14.7 Å². The third kappa shape index (κ3) is 2.19. The lowest BCUT2D eigenvalue weighted by atomic mass is 10.4. The maximum atomic E-state index is 11.4. The summed E-state index contributed by atoms with van der Waals surface area (Å²) in [4.78, 5) is 26.2. The quantitative estimate of drug-likeness (QED) is 0.546. The first kappa shape index (κ1) is 9.96. The van der Waals surface area contributed by atoms with E-state index in [-0.39, 0.29) is 11.8 Å². The highest BCUT2D eigenvalue weighted by atomic mass is 16.4. The number of anilines is 1. The third-order valence-electron chi connectivity index (χ3n) is 1.42. The zero-order chi connectivity index (χ0) is 10.7. The molecule has 1 rings (SSSR count). The first-order valence-electron chi connectivity index (χ1n) is 3.66. The lowest BCUT2D eigenvalue weighted by Crippen LogP contribution is -2.32. The second-order valence-electron chi connectivity index (χ2n) is 2.60. The summed E-state index contributed by atoms with van der Waals surface area (Å²) in [7, 11) is 1.34. The Kier molecular flexibility index (Phi) is 2.65. The summed E-state index contributed by atoms with van der Waals surface area (Å²) in [6, 6.07) is 0. The van der Waals surface area contributed by atoms with E-state index in [9.17, 15) is 9.59 Å². The molecule has 0 unspecified atom stereocenters. The fourth-order valence-electron chi connectivity index (χ4n) is 0.826. The topological polar surface area (TPSA) is 125 Å². The van der Waals surface area contributed by atoms with E-state index in [1.807, 2.05) is 0 Å². The Morgan fingerprint density at radius 3 is 2.71 bits per heavy atom. The largest absolute Gasteiger partial charge is 0.480 e. The number of nitrogens with zero attached hydrogens (tertiary/aromatic N) is 3.